The second-order valence-corrected chi connectivity index (χ2v) is 10.1. The van der Waals surface area contributed by atoms with E-state index < -0.39 is 72.4 Å². The van der Waals surface area contributed by atoms with Gasteiger partial charge in [0.25, 0.3) is 5.91 Å². The number of nitrogens with one attached hydrogen (secondary N) is 1. The van der Waals surface area contributed by atoms with Gasteiger partial charge in [-0.3, -0.25) is 14.4 Å². The summed E-state index contributed by atoms with van der Waals surface area (Å²) in [6, 6.07) is 8.88. The number of hydrogen-bond donors (Lipinski definition) is 1. The molecule has 44 heavy (non-hydrogen) atoms. The number of nitrogens with zero attached hydrogens (tertiary/aromatic N) is 1. The lowest BCUT2D eigenvalue weighted by atomic mass is 9.91. The summed E-state index contributed by atoms with van der Waals surface area (Å²) in [6.45, 7) is 7.68. The summed E-state index contributed by atoms with van der Waals surface area (Å²) in [6.07, 6.45) is -0.117. The van der Waals surface area contributed by atoms with Crippen molar-refractivity contribution >= 4 is 30.0 Å². The first kappa shape index (κ1) is 33.6. The maximum absolute atomic E-state index is 13.4. The molecule has 3 rings (SSSR count). The third-order valence-electron chi connectivity index (χ3n) is 6.50. The lowest BCUT2D eigenvalue weighted by Crippen LogP contribution is -2.47. The van der Waals surface area contributed by atoms with E-state index in [0.29, 0.717) is 6.42 Å². The van der Waals surface area contributed by atoms with E-state index in [1.807, 2.05) is 6.07 Å². The zero-order valence-corrected chi connectivity index (χ0v) is 25.0. The minimum Gasteiger partial charge on any atom is -0.493 e. The third kappa shape index (κ3) is 9.03. The Kier molecular flexibility index (Phi) is 12.2. The lowest BCUT2D eigenvalue weighted by molar-refractivity contribution is -0.176. The summed E-state index contributed by atoms with van der Waals surface area (Å²) in [5.74, 6) is -5.19. The Labute approximate surface area is 254 Å². The summed E-state index contributed by atoms with van der Waals surface area (Å²) in [5, 5.41) is 2.42. The lowest BCUT2D eigenvalue weighted by Gasteiger charge is -2.29. The van der Waals surface area contributed by atoms with Gasteiger partial charge >= 0.3 is 24.1 Å². The predicted molar refractivity (Wildman–Crippen MR) is 154 cm³/mol. The Morgan fingerprint density at radius 2 is 1.86 bits per heavy atom. The van der Waals surface area contributed by atoms with Gasteiger partial charge in [0, 0.05) is 12.3 Å². The van der Waals surface area contributed by atoms with Crippen molar-refractivity contribution in [3.05, 3.63) is 66.5 Å². The molecule has 13 nitrogen and oxygen atoms in total. The molecule has 1 saturated heterocycles. The number of ether oxygens (including phenoxy) is 6. The van der Waals surface area contributed by atoms with Crippen LogP contribution in [0.4, 0.5) is 4.79 Å². The zero-order chi connectivity index (χ0) is 32.2. The molecule has 1 fully saturated rings. The molecule has 0 bridgehead atoms. The van der Waals surface area contributed by atoms with Crippen LogP contribution in [0.3, 0.4) is 0 Å². The van der Waals surface area contributed by atoms with Gasteiger partial charge in [0.15, 0.2) is 23.6 Å². The molecule has 0 radical (unpaired) electrons. The van der Waals surface area contributed by atoms with Gasteiger partial charge in [0.2, 0.25) is 5.75 Å². The molecule has 0 saturated carbocycles. The molecule has 1 amide bonds. The fourth-order valence-corrected chi connectivity index (χ4v) is 4.17. The zero-order valence-electron chi connectivity index (χ0n) is 25.0. The first-order valence-electron chi connectivity index (χ1n) is 14.0. The molecule has 1 aliphatic heterocycles. The van der Waals surface area contributed by atoms with Gasteiger partial charge in [-0.05, 0) is 25.3 Å². The highest BCUT2D eigenvalue weighted by Crippen LogP contribution is 2.30. The molecule has 13 heteroatoms. The standard InChI is InChI=1S/C31H36N2O11/c1-6-7-15-40-31(38)44-26-23(39-5)13-14-32-24(26)27(34)33-22-17-41-29(36)21(16-20-11-9-8-10-12-20)25(19(4)42-30(22)37)43-28(35)18(2)3/h6,8-14,18-19,21-22,25H,1,7,15-17H2,2-5H3,(H,33,34). The van der Waals surface area contributed by atoms with Crippen LogP contribution in [0.5, 0.6) is 11.5 Å². The Morgan fingerprint density at radius 3 is 2.52 bits per heavy atom. The summed E-state index contributed by atoms with van der Waals surface area (Å²) < 4.78 is 32.1. The molecule has 1 aliphatic rings. The van der Waals surface area contributed by atoms with Gasteiger partial charge in [-0.15, -0.1) is 6.58 Å². The van der Waals surface area contributed by atoms with E-state index in [9.17, 15) is 24.0 Å². The highest BCUT2D eigenvalue weighted by atomic mass is 16.7. The molecule has 4 unspecified atom stereocenters. The summed E-state index contributed by atoms with van der Waals surface area (Å²) in [7, 11) is 1.29. The number of rotatable bonds is 11. The highest BCUT2D eigenvalue weighted by Gasteiger charge is 2.42. The van der Waals surface area contributed by atoms with Crippen LogP contribution in [-0.2, 0) is 39.8 Å². The van der Waals surface area contributed by atoms with Crippen molar-refractivity contribution in [3.63, 3.8) is 0 Å². The highest BCUT2D eigenvalue weighted by molar-refractivity contribution is 5.98. The molecule has 2 heterocycles. The van der Waals surface area contributed by atoms with Crippen molar-refractivity contribution in [1.29, 1.82) is 0 Å². The van der Waals surface area contributed by atoms with Gasteiger partial charge < -0.3 is 33.7 Å². The Balaban J connectivity index is 1.86. The molecular formula is C31H36N2O11. The number of aromatic nitrogens is 1. The van der Waals surface area contributed by atoms with Gasteiger partial charge in [0.1, 0.15) is 18.6 Å². The molecule has 236 valence electrons. The van der Waals surface area contributed by atoms with Crippen LogP contribution in [-0.4, -0.2) is 73.5 Å². The molecule has 4 atom stereocenters. The molecule has 1 N–H and O–H groups in total. The van der Waals surface area contributed by atoms with Crippen LogP contribution >= 0.6 is 0 Å². The van der Waals surface area contributed by atoms with Gasteiger partial charge in [-0.25, -0.2) is 14.6 Å². The van der Waals surface area contributed by atoms with E-state index in [0.717, 1.165) is 5.56 Å². The largest absolute Gasteiger partial charge is 0.514 e. The average Bonchev–Trinajstić information content (AvgIpc) is 3.03. The third-order valence-corrected chi connectivity index (χ3v) is 6.50. The van der Waals surface area contributed by atoms with Gasteiger partial charge in [0.05, 0.1) is 19.6 Å². The van der Waals surface area contributed by atoms with E-state index in [1.54, 1.807) is 44.2 Å². The smallest absolute Gasteiger partial charge is 0.493 e. The minimum absolute atomic E-state index is 0.0113. The topological polar surface area (TPSA) is 166 Å². The quantitative estimate of drug-likeness (QED) is 0.171. The van der Waals surface area contributed by atoms with Crippen molar-refractivity contribution in [2.75, 3.05) is 20.3 Å². The van der Waals surface area contributed by atoms with E-state index in [2.05, 4.69) is 16.9 Å². The monoisotopic (exact) mass is 612 g/mol. The normalized spacial score (nSPS) is 20.1. The Morgan fingerprint density at radius 1 is 1.14 bits per heavy atom. The van der Waals surface area contributed by atoms with Crippen molar-refractivity contribution in [2.24, 2.45) is 11.8 Å². The second-order valence-electron chi connectivity index (χ2n) is 10.1. The summed E-state index contributed by atoms with van der Waals surface area (Å²) in [5.41, 5.74) is 0.352. The molecule has 1 aromatic heterocycles. The van der Waals surface area contributed by atoms with Gasteiger partial charge in [-0.2, -0.15) is 0 Å². The minimum atomic E-state index is -1.49. The Bertz CT molecular complexity index is 1350. The number of benzene rings is 1. The molecule has 1 aromatic carbocycles. The fourth-order valence-electron chi connectivity index (χ4n) is 4.17. The summed E-state index contributed by atoms with van der Waals surface area (Å²) >= 11 is 0. The maximum Gasteiger partial charge on any atom is 0.514 e. The number of carbonyl (C=O) groups is 5. The first-order valence-corrected chi connectivity index (χ1v) is 14.0. The molecule has 0 spiro atoms. The van der Waals surface area contributed by atoms with Crippen LogP contribution in [0.1, 0.15) is 43.2 Å². The van der Waals surface area contributed by atoms with Crippen molar-refractivity contribution in [1.82, 2.24) is 10.3 Å². The van der Waals surface area contributed by atoms with Crippen molar-refractivity contribution in [2.45, 2.75) is 51.9 Å². The number of hydrogen-bond acceptors (Lipinski definition) is 12. The summed E-state index contributed by atoms with van der Waals surface area (Å²) in [4.78, 5) is 68.8. The van der Waals surface area contributed by atoms with E-state index in [1.165, 1.54) is 26.3 Å². The number of pyridine rings is 1. The predicted octanol–water partition coefficient (Wildman–Crippen LogP) is 3.20. The van der Waals surface area contributed by atoms with Crippen LogP contribution < -0.4 is 14.8 Å². The first-order chi connectivity index (χ1) is 21.0. The SMILES string of the molecule is C=CCCOC(=O)Oc1c(OC)ccnc1C(=O)NC1COC(=O)C(Cc2ccccc2)C(OC(=O)C(C)C)C(C)OC1=O. The number of methoxy groups -OCH3 is 1. The van der Waals surface area contributed by atoms with Crippen LogP contribution in [0.15, 0.2) is 55.3 Å². The van der Waals surface area contributed by atoms with Crippen molar-refractivity contribution in [3.8, 4) is 11.5 Å². The Hall–Kier alpha value is -4.94. The number of esters is 3. The maximum atomic E-state index is 13.4. The fraction of sp³-hybridized carbons (Fsp3) is 0.419. The number of cyclic esters (lactones) is 2. The van der Waals surface area contributed by atoms with Crippen LogP contribution in [0, 0.1) is 11.8 Å². The number of carbonyl (C=O) groups excluding carboxylic acids is 5. The van der Waals surface area contributed by atoms with Crippen molar-refractivity contribution < 1.29 is 52.4 Å². The van der Waals surface area contributed by atoms with E-state index in [4.69, 9.17) is 28.4 Å². The van der Waals surface area contributed by atoms with Gasteiger partial charge in [-0.1, -0.05) is 50.3 Å². The molecule has 0 aliphatic carbocycles. The second kappa shape index (κ2) is 16.1. The van der Waals surface area contributed by atoms with E-state index in [-0.39, 0.29) is 24.5 Å². The number of amides is 1. The van der Waals surface area contributed by atoms with Crippen LogP contribution in [0.2, 0.25) is 0 Å². The molecule has 2 aromatic rings. The van der Waals surface area contributed by atoms with Crippen LogP contribution in [0.25, 0.3) is 0 Å². The average molecular weight is 613 g/mol. The van der Waals surface area contributed by atoms with E-state index >= 15 is 0 Å². The molecular weight excluding hydrogens is 576 g/mol.